The molecule has 2 saturated heterocycles. The van der Waals surface area contributed by atoms with Crippen molar-refractivity contribution in [3.05, 3.63) is 30.1 Å². The minimum Gasteiger partial charge on any atom is -0.367 e. The number of nitrogens with zero attached hydrogens (tertiary/aromatic N) is 4. The van der Waals surface area contributed by atoms with Crippen molar-refractivity contribution in [1.29, 1.82) is 0 Å². The van der Waals surface area contributed by atoms with Crippen LogP contribution < -0.4 is 4.90 Å². The molecule has 1 aromatic carbocycles. The molecule has 0 spiro atoms. The maximum absolute atomic E-state index is 13.8. The molecule has 2 aliphatic heterocycles. The van der Waals surface area contributed by atoms with Gasteiger partial charge in [-0.3, -0.25) is 14.5 Å². The zero-order chi connectivity index (χ0) is 16.9. The number of hydrogen-bond donors (Lipinski definition) is 0. The second-order valence-corrected chi connectivity index (χ2v) is 6.24. The molecule has 130 valence electrons. The van der Waals surface area contributed by atoms with Gasteiger partial charge in [0.05, 0.1) is 12.2 Å². The molecule has 2 amide bonds. The average Bonchev–Trinajstić information content (AvgIpc) is 2.63. The molecular weight excluding hydrogens is 311 g/mol. The Balaban J connectivity index is 1.46. The van der Waals surface area contributed by atoms with Crippen LogP contribution in [0.3, 0.4) is 0 Å². The van der Waals surface area contributed by atoms with Crippen LogP contribution in [0.5, 0.6) is 0 Å². The van der Waals surface area contributed by atoms with Crippen molar-refractivity contribution >= 4 is 18.0 Å². The summed E-state index contributed by atoms with van der Waals surface area (Å²) in [5.41, 5.74) is 0.633. The van der Waals surface area contributed by atoms with Gasteiger partial charge in [-0.15, -0.1) is 0 Å². The van der Waals surface area contributed by atoms with Crippen LogP contribution in [0.2, 0.25) is 0 Å². The van der Waals surface area contributed by atoms with Crippen LogP contribution in [0.15, 0.2) is 24.3 Å². The molecule has 2 fully saturated rings. The molecule has 1 aromatic rings. The summed E-state index contributed by atoms with van der Waals surface area (Å²) >= 11 is 0. The monoisotopic (exact) mass is 334 g/mol. The van der Waals surface area contributed by atoms with E-state index in [0.717, 1.165) is 19.5 Å². The third-order valence-corrected chi connectivity index (χ3v) is 4.74. The van der Waals surface area contributed by atoms with Crippen molar-refractivity contribution in [2.75, 3.05) is 63.8 Å². The van der Waals surface area contributed by atoms with Crippen molar-refractivity contribution in [2.45, 2.75) is 0 Å². The Morgan fingerprint density at radius 2 is 1.67 bits per heavy atom. The van der Waals surface area contributed by atoms with Gasteiger partial charge in [-0.2, -0.15) is 0 Å². The van der Waals surface area contributed by atoms with Gasteiger partial charge < -0.3 is 14.7 Å². The fourth-order valence-electron chi connectivity index (χ4n) is 3.22. The van der Waals surface area contributed by atoms with E-state index in [2.05, 4.69) is 4.90 Å². The summed E-state index contributed by atoms with van der Waals surface area (Å²) in [5, 5.41) is 0. The molecule has 0 aliphatic carbocycles. The number of amides is 2. The second kappa shape index (κ2) is 7.61. The molecule has 3 rings (SSSR count). The Kier molecular flexibility index (Phi) is 5.30. The first-order valence-electron chi connectivity index (χ1n) is 8.36. The van der Waals surface area contributed by atoms with Gasteiger partial charge in [0.1, 0.15) is 5.82 Å². The summed E-state index contributed by atoms with van der Waals surface area (Å²) < 4.78 is 13.8. The van der Waals surface area contributed by atoms with Crippen LogP contribution in [0.25, 0.3) is 0 Å². The summed E-state index contributed by atoms with van der Waals surface area (Å²) in [6.45, 7) is 5.74. The van der Waals surface area contributed by atoms with E-state index >= 15 is 0 Å². The van der Waals surface area contributed by atoms with Crippen molar-refractivity contribution in [2.24, 2.45) is 0 Å². The van der Waals surface area contributed by atoms with E-state index in [-0.39, 0.29) is 11.7 Å². The Morgan fingerprint density at radius 3 is 2.29 bits per heavy atom. The number of hydrogen-bond acceptors (Lipinski definition) is 4. The molecule has 0 radical (unpaired) electrons. The quantitative estimate of drug-likeness (QED) is 0.741. The third-order valence-electron chi connectivity index (χ3n) is 4.74. The largest absolute Gasteiger partial charge is 0.367 e. The molecule has 6 nitrogen and oxygen atoms in total. The fourth-order valence-corrected chi connectivity index (χ4v) is 3.22. The van der Waals surface area contributed by atoms with E-state index in [1.165, 1.54) is 6.07 Å². The van der Waals surface area contributed by atoms with E-state index < -0.39 is 0 Å². The Bertz CT molecular complexity index is 582. The highest BCUT2D eigenvalue weighted by molar-refractivity contribution is 5.78. The van der Waals surface area contributed by atoms with Crippen molar-refractivity contribution in [3.8, 4) is 0 Å². The maximum Gasteiger partial charge on any atom is 0.236 e. The Labute approximate surface area is 141 Å². The lowest BCUT2D eigenvalue weighted by atomic mass is 10.2. The van der Waals surface area contributed by atoms with Crippen molar-refractivity contribution < 1.29 is 14.0 Å². The molecule has 0 bridgehead atoms. The van der Waals surface area contributed by atoms with Crippen LogP contribution in [-0.4, -0.2) is 85.9 Å². The number of rotatable bonds is 4. The third kappa shape index (κ3) is 3.84. The lowest BCUT2D eigenvalue weighted by molar-refractivity contribution is -0.136. The van der Waals surface area contributed by atoms with Crippen LogP contribution in [-0.2, 0) is 9.59 Å². The van der Waals surface area contributed by atoms with Gasteiger partial charge >= 0.3 is 0 Å². The van der Waals surface area contributed by atoms with Crippen LogP contribution >= 0.6 is 0 Å². The van der Waals surface area contributed by atoms with Gasteiger partial charge in [0.25, 0.3) is 0 Å². The normalized spacial score (nSPS) is 19.5. The molecule has 2 aliphatic rings. The zero-order valence-corrected chi connectivity index (χ0v) is 13.7. The van der Waals surface area contributed by atoms with E-state index in [0.29, 0.717) is 51.5 Å². The van der Waals surface area contributed by atoms with E-state index in [4.69, 9.17) is 0 Å². The number of carbonyl (C=O) groups is 2. The number of halogens is 1. The highest BCUT2D eigenvalue weighted by Gasteiger charge is 2.24. The highest BCUT2D eigenvalue weighted by atomic mass is 19.1. The van der Waals surface area contributed by atoms with Crippen LogP contribution in [0.4, 0.5) is 10.1 Å². The number of para-hydroxylation sites is 1. The molecule has 0 N–H and O–H groups in total. The van der Waals surface area contributed by atoms with Crippen LogP contribution in [0, 0.1) is 5.82 Å². The maximum atomic E-state index is 13.8. The summed E-state index contributed by atoms with van der Waals surface area (Å²) in [6, 6.07) is 6.80. The van der Waals surface area contributed by atoms with E-state index in [9.17, 15) is 14.0 Å². The van der Waals surface area contributed by atoms with Crippen molar-refractivity contribution in [3.63, 3.8) is 0 Å². The Morgan fingerprint density at radius 1 is 1.00 bits per heavy atom. The van der Waals surface area contributed by atoms with E-state index in [1.807, 2.05) is 15.9 Å². The molecule has 0 aromatic heterocycles. The van der Waals surface area contributed by atoms with Gasteiger partial charge in [0.15, 0.2) is 0 Å². The average molecular weight is 334 g/mol. The SMILES string of the molecule is O=CN1CCN(C(=O)CN2CCN(c3ccccc3F)CC2)CC1. The lowest BCUT2D eigenvalue weighted by Gasteiger charge is -2.38. The Hall–Kier alpha value is -2.15. The second-order valence-electron chi connectivity index (χ2n) is 6.24. The minimum absolute atomic E-state index is 0.111. The summed E-state index contributed by atoms with van der Waals surface area (Å²) in [5.74, 6) is -0.0880. The molecule has 0 atom stereocenters. The van der Waals surface area contributed by atoms with Gasteiger partial charge in [-0.05, 0) is 12.1 Å². The first kappa shape index (κ1) is 16.7. The van der Waals surface area contributed by atoms with E-state index in [1.54, 1.807) is 17.0 Å². The summed E-state index contributed by atoms with van der Waals surface area (Å²) in [4.78, 5) is 30.7. The highest BCUT2D eigenvalue weighted by Crippen LogP contribution is 2.20. The molecule has 0 unspecified atom stereocenters. The topological polar surface area (TPSA) is 47.1 Å². The predicted molar refractivity (Wildman–Crippen MR) is 89.3 cm³/mol. The van der Waals surface area contributed by atoms with Gasteiger partial charge in [0, 0.05) is 52.4 Å². The molecule has 24 heavy (non-hydrogen) atoms. The molecule has 2 heterocycles. The molecule has 7 heteroatoms. The lowest BCUT2D eigenvalue weighted by Crippen LogP contribution is -2.53. The molecule has 0 saturated carbocycles. The smallest absolute Gasteiger partial charge is 0.236 e. The minimum atomic E-state index is -0.199. The van der Waals surface area contributed by atoms with Crippen molar-refractivity contribution in [1.82, 2.24) is 14.7 Å². The first-order valence-corrected chi connectivity index (χ1v) is 8.36. The van der Waals surface area contributed by atoms with Gasteiger partial charge in [-0.25, -0.2) is 4.39 Å². The summed E-state index contributed by atoms with van der Waals surface area (Å²) in [7, 11) is 0. The van der Waals surface area contributed by atoms with Crippen LogP contribution in [0.1, 0.15) is 0 Å². The van der Waals surface area contributed by atoms with Gasteiger partial charge in [0.2, 0.25) is 12.3 Å². The molecular formula is C17H23FN4O2. The number of benzene rings is 1. The standard InChI is InChI=1S/C17H23FN4O2/c18-15-3-1-2-4-16(15)21-9-5-19(6-10-21)13-17(24)22-11-7-20(14-23)8-12-22/h1-4,14H,5-13H2. The number of anilines is 1. The summed E-state index contributed by atoms with van der Waals surface area (Å²) in [6.07, 6.45) is 0.837. The number of carbonyl (C=O) groups excluding carboxylic acids is 2. The zero-order valence-electron chi connectivity index (χ0n) is 13.7. The predicted octanol–water partition coefficient (Wildman–Crippen LogP) is 0.248. The fraction of sp³-hybridized carbons (Fsp3) is 0.529. The first-order chi connectivity index (χ1) is 11.7. The van der Waals surface area contributed by atoms with Gasteiger partial charge in [-0.1, -0.05) is 12.1 Å². The number of piperazine rings is 2.